The van der Waals surface area contributed by atoms with Gasteiger partial charge in [-0.05, 0) is 44.9 Å². The van der Waals surface area contributed by atoms with Crippen molar-refractivity contribution >= 4 is 11.9 Å². The average Bonchev–Trinajstić information content (AvgIpc) is 2.75. The summed E-state index contributed by atoms with van der Waals surface area (Å²) in [5.74, 6) is 0.352. The predicted molar refractivity (Wildman–Crippen MR) is 110 cm³/mol. The first-order valence-corrected chi connectivity index (χ1v) is 10.4. The lowest BCUT2D eigenvalue weighted by Crippen LogP contribution is -2.47. The minimum atomic E-state index is -4.45. The molecule has 0 spiro atoms. The van der Waals surface area contributed by atoms with Crippen molar-refractivity contribution in [1.82, 2.24) is 10.2 Å². The van der Waals surface area contributed by atoms with E-state index in [4.69, 9.17) is 9.47 Å². The van der Waals surface area contributed by atoms with E-state index in [1.54, 1.807) is 6.92 Å². The van der Waals surface area contributed by atoms with E-state index in [1.165, 1.54) is 12.1 Å². The standard InChI is InChI=1S/C21H30F3N3O4/c1-3-25-20(27-10-8-15(9-11-27)19(29)30-4-2)26-13-17(28)14-31-18-7-5-6-16(12-18)21(22,23)24/h5-7,12,15,17,28H,3-4,8-11,13-14H2,1-2H3,(H,25,26). The molecule has 7 nitrogen and oxygen atoms in total. The van der Waals surface area contributed by atoms with Crippen molar-refractivity contribution in [2.24, 2.45) is 10.9 Å². The van der Waals surface area contributed by atoms with E-state index in [2.05, 4.69) is 10.3 Å². The van der Waals surface area contributed by atoms with Crippen molar-refractivity contribution in [3.05, 3.63) is 29.8 Å². The van der Waals surface area contributed by atoms with Gasteiger partial charge in [0.05, 0.1) is 24.6 Å². The molecule has 0 bridgehead atoms. The number of aliphatic hydroxyl groups excluding tert-OH is 1. The molecular weight excluding hydrogens is 415 g/mol. The van der Waals surface area contributed by atoms with Gasteiger partial charge in [0.2, 0.25) is 0 Å². The van der Waals surface area contributed by atoms with E-state index in [-0.39, 0.29) is 30.8 Å². The molecule has 2 rings (SSSR count). The highest BCUT2D eigenvalue weighted by molar-refractivity contribution is 5.80. The Kier molecular flexibility index (Phi) is 9.42. The Balaban J connectivity index is 1.87. The summed E-state index contributed by atoms with van der Waals surface area (Å²) in [6.07, 6.45) is -4.13. The van der Waals surface area contributed by atoms with Crippen LogP contribution in [0.5, 0.6) is 5.75 Å². The molecule has 1 heterocycles. The molecule has 1 aliphatic heterocycles. The van der Waals surface area contributed by atoms with Crippen molar-refractivity contribution in [3.8, 4) is 5.75 Å². The predicted octanol–water partition coefficient (Wildman–Crippen LogP) is 2.69. The van der Waals surface area contributed by atoms with Gasteiger partial charge in [-0.2, -0.15) is 13.2 Å². The molecule has 0 radical (unpaired) electrons. The summed E-state index contributed by atoms with van der Waals surface area (Å²) in [5, 5.41) is 13.3. The summed E-state index contributed by atoms with van der Waals surface area (Å²) < 4.78 is 48.7. The number of carbonyl (C=O) groups excluding carboxylic acids is 1. The second-order valence-corrected chi connectivity index (χ2v) is 7.20. The third kappa shape index (κ3) is 7.93. The van der Waals surface area contributed by atoms with Crippen molar-refractivity contribution < 1.29 is 32.5 Å². The number of esters is 1. The van der Waals surface area contributed by atoms with Crippen LogP contribution in [0.4, 0.5) is 13.2 Å². The maximum absolute atomic E-state index is 12.8. The molecule has 0 saturated carbocycles. The van der Waals surface area contributed by atoms with Crippen LogP contribution in [0.1, 0.15) is 32.3 Å². The van der Waals surface area contributed by atoms with Crippen LogP contribution in [0, 0.1) is 5.92 Å². The topological polar surface area (TPSA) is 83.4 Å². The van der Waals surface area contributed by atoms with E-state index in [0.29, 0.717) is 45.0 Å². The van der Waals surface area contributed by atoms with E-state index < -0.39 is 17.8 Å². The Bertz CT molecular complexity index is 735. The maximum Gasteiger partial charge on any atom is 0.416 e. The maximum atomic E-state index is 12.8. The molecular formula is C21H30F3N3O4. The highest BCUT2D eigenvalue weighted by Crippen LogP contribution is 2.31. The molecule has 0 aromatic heterocycles. The van der Waals surface area contributed by atoms with Crippen molar-refractivity contribution in [1.29, 1.82) is 0 Å². The Morgan fingerprint density at radius 1 is 1.32 bits per heavy atom. The third-order valence-corrected chi connectivity index (χ3v) is 4.80. The lowest BCUT2D eigenvalue weighted by atomic mass is 9.97. The van der Waals surface area contributed by atoms with Crippen LogP contribution in [0.2, 0.25) is 0 Å². The van der Waals surface area contributed by atoms with Crippen LogP contribution in [0.3, 0.4) is 0 Å². The van der Waals surface area contributed by atoms with Crippen molar-refractivity contribution in [2.75, 3.05) is 39.4 Å². The number of nitrogens with zero attached hydrogens (tertiary/aromatic N) is 2. The molecule has 0 aliphatic carbocycles. The quantitative estimate of drug-likeness (QED) is 0.364. The Morgan fingerprint density at radius 3 is 2.65 bits per heavy atom. The van der Waals surface area contributed by atoms with E-state index in [1.807, 2.05) is 11.8 Å². The normalized spacial score (nSPS) is 16.7. The highest BCUT2D eigenvalue weighted by Gasteiger charge is 2.30. The summed E-state index contributed by atoms with van der Waals surface area (Å²) in [7, 11) is 0. The first-order valence-electron chi connectivity index (χ1n) is 10.4. The van der Waals surface area contributed by atoms with Crippen LogP contribution in [0.25, 0.3) is 0 Å². The van der Waals surface area contributed by atoms with Gasteiger partial charge in [-0.3, -0.25) is 9.79 Å². The number of ether oxygens (including phenoxy) is 2. The number of likely N-dealkylation sites (tertiary alicyclic amines) is 1. The zero-order chi connectivity index (χ0) is 22.9. The molecule has 1 saturated heterocycles. The number of piperidine rings is 1. The van der Waals surface area contributed by atoms with Crippen LogP contribution in [-0.4, -0.2) is 67.4 Å². The molecule has 2 N–H and O–H groups in total. The SMILES string of the molecule is CCNC(=NCC(O)COc1cccc(C(F)(F)F)c1)N1CCC(C(=O)OCC)CC1. The zero-order valence-corrected chi connectivity index (χ0v) is 17.8. The van der Waals surface area contributed by atoms with Gasteiger partial charge >= 0.3 is 12.1 Å². The molecule has 1 atom stereocenters. The van der Waals surface area contributed by atoms with Crippen molar-refractivity contribution in [3.63, 3.8) is 0 Å². The van der Waals surface area contributed by atoms with E-state index >= 15 is 0 Å². The number of alkyl halides is 3. The number of aliphatic imine (C=N–C) groups is 1. The molecule has 0 amide bonds. The fourth-order valence-corrected chi connectivity index (χ4v) is 3.21. The Morgan fingerprint density at radius 2 is 2.03 bits per heavy atom. The second-order valence-electron chi connectivity index (χ2n) is 7.20. The van der Waals surface area contributed by atoms with Crippen LogP contribution in [-0.2, 0) is 15.7 Å². The minimum absolute atomic E-state index is 0.0269. The zero-order valence-electron chi connectivity index (χ0n) is 17.8. The fraction of sp³-hybridized carbons (Fsp3) is 0.619. The molecule has 1 aromatic carbocycles. The van der Waals surface area contributed by atoms with Crippen LogP contribution < -0.4 is 10.1 Å². The monoisotopic (exact) mass is 445 g/mol. The minimum Gasteiger partial charge on any atom is -0.491 e. The highest BCUT2D eigenvalue weighted by atomic mass is 19.4. The lowest BCUT2D eigenvalue weighted by molar-refractivity contribution is -0.149. The second kappa shape index (κ2) is 11.8. The Hall–Kier alpha value is -2.49. The van der Waals surface area contributed by atoms with E-state index in [0.717, 1.165) is 12.1 Å². The summed E-state index contributed by atoms with van der Waals surface area (Å²) >= 11 is 0. The summed E-state index contributed by atoms with van der Waals surface area (Å²) in [6.45, 7) is 5.81. The lowest BCUT2D eigenvalue weighted by Gasteiger charge is -2.33. The largest absolute Gasteiger partial charge is 0.491 e. The first-order chi connectivity index (χ1) is 14.7. The van der Waals surface area contributed by atoms with Gasteiger partial charge in [-0.15, -0.1) is 0 Å². The van der Waals surface area contributed by atoms with Gasteiger partial charge in [0, 0.05) is 19.6 Å². The third-order valence-electron chi connectivity index (χ3n) is 4.80. The van der Waals surface area contributed by atoms with Crippen LogP contribution in [0.15, 0.2) is 29.3 Å². The molecule has 31 heavy (non-hydrogen) atoms. The van der Waals surface area contributed by atoms with Gasteiger partial charge in [0.15, 0.2) is 5.96 Å². The molecule has 1 fully saturated rings. The number of halogens is 3. The smallest absolute Gasteiger partial charge is 0.416 e. The van der Waals surface area contributed by atoms with Gasteiger partial charge < -0.3 is 24.8 Å². The number of hydrogen-bond donors (Lipinski definition) is 2. The summed E-state index contributed by atoms with van der Waals surface area (Å²) in [6, 6.07) is 4.52. The molecule has 1 aromatic rings. The number of guanidine groups is 1. The number of carbonyl (C=O) groups is 1. The number of benzene rings is 1. The van der Waals surface area contributed by atoms with Crippen LogP contribution >= 0.6 is 0 Å². The number of nitrogens with one attached hydrogen (secondary N) is 1. The summed E-state index contributed by atoms with van der Waals surface area (Å²) in [4.78, 5) is 18.3. The first kappa shape index (κ1) is 24.8. The molecule has 1 unspecified atom stereocenters. The fourth-order valence-electron chi connectivity index (χ4n) is 3.21. The molecule has 10 heteroatoms. The van der Waals surface area contributed by atoms with Gasteiger partial charge in [0.25, 0.3) is 0 Å². The summed E-state index contributed by atoms with van der Waals surface area (Å²) in [5.41, 5.74) is -0.807. The number of hydrogen-bond acceptors (Lipinski definition) is 5. The van der Waals surface area contributed by atoms with Gasteiger partial charge in [-0.1, -0.05) is 6.07 Å². The van der Waals surface area contributed by atoms with Gasteiger partial charge in [-0.25, -0.2) is 0 Å². The molecule has 1 aliphatic rings. The number of aliphatic hydroxyl groups is 1. The number of rotatable bonds is 8. The Labute approximate surface area is 180 Å². The van der Waals surface area contributed by atoms with Gasteiger partial charge in [0.1, 0.15) is 18.5 Å². The van der Waals surface area contributed by atoms with Crippen molar-refractivity contribution in [2.45, 2.75) is 39.0 Å². The molecule has 174 valence electrons. The average molecular weight is 445 g/mol. The van der Waals surface area contributed by atoms with E-state index in [9.17, 15) is 23.1 Å².